The van der Waals surface area contributed by atoms with Gasteiger partial charge in [0.15, 0.2) is 6.29 Å². The van der Waals surface area contributed by atoms with Crippen LogP contribution in [0.4, 0.5) is 0 Å². The third-order valence-corrected chi connectivity index (χ3v) is 3.09. The molecule has 0 aliphatic carbocycles. The molecule has 17 heavy (non-hydrogen) atoms. The van der Waals surface area contributed by atoms with Gasteiger partial charge in [-0.15, -0.1) is 0 Å². The van der Waals surface area contributed by atoms with Gasteiger partial charge in [-0.2, -0.15) is 5.48 Å². The molecule has 0 saturated carbocycles. The predicted molar refractivity (Wildman–Crippen MR) is 64.4 cm³/mol. The normalized spacial score (nSPS) is 22.9. The maximum absolute atomic E-state index is 10.6. The Balaban J connectivity index is 1.86. The van der Waals surface area contributed by atoms with Crippen LogP contribution in [0.5, 0.6) is 5.75 Å². The third-order valence-electron chi connectivity index (χ3n) is 2.76. The second kappa shape index (κ2) is 5.04. The molecule has 0 aromatic heterocycles. The van der Waals surface area contributed by atoms with Gasteiger partial charge < -0.3 is 4.74 Å². The van der Waals surface area contributed by atoms with Crippen molar-refractivity contribution < 1.29 is 14.4 Å². The van der Waals surface area contributed by atoms with Crippen molar-refractivity contribution in [1.82, 2.24) is 5.48 Å². The minimum absolute atomic E-state index is 0.132. The maximum Gasteiger partial charge on any atom is 0.151 e. The van der Waals surface area contributed by atoms with Crippen molar-refractivity contribution in [2.24, 2.45) is 0 Å². The summed E-state index contributed by atoms with van der Waals surface area (Å²) in [5.74, 6) is 0.663. The lowest BCUT2D eigenvalue weighted by Gasteiger charge is -2.38. The first-order valence-corrected chi connectivity index (χ1v) is 5.79. The van der Waals surface area contributed by atoms with Crippen molar-refractivity contribution >= 4 is 17.9 Å². The molecule has 1 heterocycles. The summed E-state index contributed by atoms with van der Waals surface area (Å²) in [6, 6.07) is 5.03. The molecule has 1 saturated heterocycles. The Morgan fingerprint density at radius 2 is 2.41 bits per heavy atom. The zero-order valence-electron chi connectivity index (χ0n) is 9.53. The quantitative estimate of drug-likeness (QED) is 0.820. The van der Waals surface area contributed by atoms with Crippen LogP contribution in [0.2, 0.25) is 5.02 Å². The maximum atomic E-state index is 10.6. The van der Waals surface area contributed by atoms with Gasteiger partial charge in [-0.05, 0) is 25.1 Å². The summed E-state index contributed by atoms with van der Waals surface area (Å²) in [4.78, 5) is 15.8. The molecule has 92 valence electrons. The molecule has 1 atom stereocenters. The first-order valence-electron chi connectivity index (χ1n) is 5.41. The highest BCUT2D eigenvalue weighted by Crippen LogP contribution is 2.23. The zero-order chi connectivity index (χ0) is 12.3. The average Bonchev–Trinajstić information content (AvgIpc) is 2.27. The summed E-state index contributed by atoms with van der Waals surface area (Å²) < 4.78 is 5.55. The van der Waals surface area contributed by atoms with Gasteiger partial charge in [-0.1, -0.05) is 11.6 Å². The number of nitrogens with one attached hydrogen (secondary N) is 1. The second-order valence-electron chi connectivity index (χ2n) is 4.27. The van der Waals surface area contributed by atoms with Crippen LogP contribution in [0, 0.1) is 0 Å². The van der Waals surface area contributed by atoms with Crippen LogP contribution in [0.3, 0.4) is 0 Å². The highest BCUT2D eigenvalue weighted by molar-refractivity contribution is 6.33. The molecule has 0 amide bonds. The molecule has 1 fully saturated rings. The molecule has 1 aliphatic heterocycles. The number of hydrogen-bond acceptors (Lipinski definition) is 4. The van der Waals surface area contributed by atoms with Gasteiger partial charge in [0.1, 0.15) is 11.4 Å². The minimum Gasteiger partial charge on any atom is -0.493 e. The monoisotopic (exact) mass is 255 g/mol. The van der Waals surface area contributed by atoms with Crippen molar-refractivity contribution in [2.45, 2.75) is 18.9 Å². The van der Waals surface area contributed by atoms with E-state index in [0.717, 1.165) is 19.3 Å². The number of halogens is 1. The Morgan fingerprint density at radius 1 is 1.65 bits per heavy atom. The Bertz CT molecular complexity index is 418. The van der Waals surface area contributed by atoms with Crippen molar-refractivity contribution in [3.63, 3.8) is 0 Å². The van der Waals surface area contributed by atoms with E-state index in [9.17, 15) is 4.79 Å². The van der Waals surface area contributed by atoms with E-state index in [4.69, 9.17) is 21.2 Å². The number of hydroxylamine groups is 1. The topological polar surface area (TPSA) is 47.6 Å². The molecule has 0 spiro atoms. The molecule has 2 rings (SSSR count). The van der Waals surface area contributed by atoms with E-state index in [2.05, 4.69) is 5.48 Å². The number of rotatable bonds is 5. The van der Waals surface area contributed by atoms with Crippen LogP contribution >= 0.6 is 11.6 Å². The van der Waals surface area contributed by atoms with Crippen molar-refractivity contribution in [3.05, 3.63) is 28.8 Å². The summed E-state index contributed by atoms with van der Waals surface area (Å²) in [6.07, 6.45) is 1.52. The van der Waals surface area contributed by atoms with Gasteiger partial charge in [0.25, 0.3) is 0 Å². The van der Waals surface area contributed by atoms with E-state index >= 15 is 0 Å². The van der Waals surface area contributed by atoms with Crippen molar-refractivity contribution in [2.75, 3.05) is 13.2 Å². The molecule has 0 radical (unpaired) electrons. The van der Waals surface area contributed by atoms with Crippen LogP contribution in [0.15, 0.2) is 18.2 Å². The van der Waals surface area contributed by atoms with Crippen LogP contribution in [0.25, 0.3) is 0 Å². The highest BCUT2D eigenvalue weighted by Gasteiger charge is 2.33. The first kappa shape index (κ1) is 12.4. The molecule has 1 aromatic carbocycles. The van der Waals surface area contributed by atoms with Crippen LogP contribution < -0.4 is 10.2 Å². The Labute approximate surface area is 105 Å². The fraction of sp³-hybridized carbons (Fsp3) is 0.417. The lowest BCUT2D eigenvalue weighted by atomic mass is 10.0. The van der Waals surface area contributed by atoms with Gasteiger partial charge in [0.2, 0.25) is 0 Å². The van der Waals surface area contributed by atoms with E-state index in [1.807, 2.05) is 6.92 Å². The second-order valence-corrected chi connectivity index (χ2v) is 4.68. The molecule has 1 N–H and O–H groups in total. The molecule has 4 nitrogen and oxygen atoms in total. The van der Waals surface area contributed by atoms with Gasteiger partial charge in [-0.25, -0.2) is 0 Å². The molecule has 1 unspecified atom stereocenters. The van der Waals surface area contributed by atoms with Crippen LogP contribution in [0.1, 0.15) is 23.7 Å². The summed E-state index contributed by atoms with van der Waals surface area (Å²) in [6.45, 7) is 3.41. The average molecular weight is 256 g/mol. The van der Waals surface area contributed by atoms with Gasteiger partial charge >= 0.3 is 0 Å². The summed E-state index contributed by atoms with van der Waals surface area (Å²) in [5.41, 5.74) is 3.10. The fourth-order valence-corrected chi connectivity index (χ4v) is 1.75. The molecular formula is C12H14ClNO3. The molecular weight excluding hydrogens is 242 g/mol. The van der Waals surface area contributed by atoms with E-state index in [1.165, 1.54) is 0 Å². The molecule has 1 aliphatic rings. The third kappa shape index (κ3) is 2.97. The summed E-state index contributed by atoms with van der Waals surface area (Å²) in [7, 11) is 0. The summed E-state index contributed by atoms with van der Waals surface area (Å²) >= 11 is 5.89. The number of carbonyl (C=O) groups excluding carboxylic acids is 1. The van der Waals surface area contributed by atoms with Crippen LogP contribution in [-0.2, 0) is 4.84 Å². The van der Waals surface area contributed by atoms with E-state index in [0.29, 0.717) is 22.9 Å². The Morgan fingerprint density at radius 3 is 2.94 bits per heavy atom. The highest BCUT2D eigenvalue weighted by atomic mass is 35.5. The molecule has 0 bridgehead atoms. The Hall–Kier alpha value is -1.10. The number of aldehydes is 1. The largest absolute Gasteiger partial charge is 0.493 e. The lowest BCUT2D eigenvalue weighted by molar-refractivity contribution is -0.199. The SMILES string of the molecule is CC1(CCOc2ccc(C=O)c(Cl)c2)CNO1. The predicted octanol–water partition coefficient (Wildman–Crippen LogP) is 2.21. The number of carbonyl (C=O) groups is 1. The van der Waals surface area contributed by atoms with Crippen molar-refractivity contribution in [3.8, 4) is 5.75 Å². The standard InChI is InChI=1S/C12H14ClNO3/c1-12(8-14-17-12)4-5-16-10-3-2-9(7-15)11(13)6-10/h2-3,6-7,14H,4-5,8H2,1H3. The van der Waals surface area contributed by atoms with Crippen LogP contribution in [-0.4, -0.2) is 25.0 Å². The number of hydrogen-bond donors (Lipinski definition) is 1. The Kier molecular flexibility index (Phi) is 3.66. The van der Waals surface area contributed by atoms with E-state index in [1.54, 1.807) is 18.2 Å². The fourth-order valence-electron chi connectivity index (χ4n) is 1.54. The van der Waals surface area contributed by atoms with Gasteiger partial charge in [0.05, 0.1) is 18.2 Å². The lowest BCUT2D eigenvalue weighted by Crippen LogP contribution is -2.55. The number of ether oxygens (including phenoxy) is 1. The smallest absolute Gasteiger partial charge is 0.151 e. The molecule has 1 aromatic rings. The number of benzene rings is 1. The van der Waals surface area contributed by atoms with Crippen molar-refractivity contribution in [1.29, 1.82) is 0 Å². The molecule has 5 heteroatoms. The first-order chi connectivity index (χ1) is 8.13. The van der Waals surface area contributed by atoms with E-state index in [-0.39, 0.29) is 5.60 Å². The summed E-state index contributed by atoms with van der Waals surface area (Å²) in [5, 5.41) is 0.408. The van der Waals surface area contributed by atoms with Gasteiger partial charge in [-0.3, -0.25) is 9.63 Å². The van der Waals surface area contributed by atoms with Gasteiger partial charge in [0, 0.05) is 12.0 Å². The van der Waals surface area contributed by atoms with E-state index < -0.39 is 0 Å². The zero-order valence-corrected chi connectivity index (χ0v) is 10.3. The minimum atomic E-state index is -0.132.